The van der Waals surface area contributed by atoms with Crippen LogP contribution in [0.1, 0.15) is 29.2 Å². The Bertz CT molecular complexity index is 833. The zero-order valence-electron chi connectivity index (χ0n) is 14.7. The number of ether oxygens (including phenoxy) is 1. The minimum atomic E-state index is -5.05. The molecule has 0 aliphatic carbocycles. The van der Waals surface area contributed by atoms with Gasteiger partial charge >= 0.3 is 12.1 Å². The van der Waals surface area contributed by atoms with Crippen molar-refractivity contribution in [2.75, 3.05) is 13.1 Å². The highest BCUT2D eigenvalue weighted by Crippen LogP contribution is 2.34. The first-order chi connectivity index (χ1) is 12.7. The van der Waals surface area contributed by atoms with Gasteiger partial charge in [0, 0.05) is 12.1 Å². The lowest BCUT2D eigenvalue weighted by molar-refractivity contribution is -0.213. The van der Waals surface area contributed by atoms with Crippen LogP contribution in [-0.4, -0.2) is 25.2 Å². The second-order valence-electron chi connectivity index (χ2n) is 6.84. The van der Waals surface area contributed by atoms with Crippen LogP contribution in [0.5, 0.6) is 0 Å². The van der Waals surface area contributed by atoms with Gasteiger partial charge in [0.05, 0.1) is 0 Å². The molecule has 0 saturated heterocycles. The fourth-order valence-electron chi connectivity index (χ4n) is 3.28. The summed E-state index contributed by atoms with van der Waals surface area (Å²) in [5, 5.41) is 3.03. The molecule has 0 amide bonds. The molecule has 2 aromatic rings. The Labute approximate surface area is 154 Å². The Balaban J connectivity index is 1.93. The molecule has 1 N–H and O–H groups in total. The number of carbonyl (C=O) groups excluding carboxylic acids is 1. The zero-order valence-corrected chi connectivity index (χ0v) is 14.7. The van der Waals surface area contributed by atoms with E-state index in [9.17, 15) is 22.4 Å². The van der Waals surface area contributed by atoms with Crippen molar-refractivity contribution in [3.05, 3.63) is 70.5 Å². The van der Waals surface area contributed by atoms with E-state index in [1.165, 1.54) is 19.1 Å². The number of hydrogen-bond acceptors (Lipinski definition) is 3. The van der Waals surface area contributed by atoms with Gasteiger partial charge in [0.2, 0.25) is 0 Å². The minimum absolute atomic E-state index is 0.0851. The van der Waals surface area contributed by atoms with E-state index in [1.54, 1.807) is 18.2 Å². The van der Waals surface area contributed by atoms with Crippen LogP contribution in [0.15, 0.2) is 42.5 Å². The van der Waals surface area contributed by atoms with Crippen LogP contribution < -0.4 is 5.32 Å². The van der Waals surface area contributed by atoms with E-state index in [0.29, 0.717) is 24.9 Å². The topological polar surface area (TPSA) is 38.3 Å². The lowest BCUT2D eigenvalue weighted by Gasteiger charge is -2.31. The quantitative estimate of drug-likeness (QED) is 0.648. The molecular formula is C20H19F4NO2. The number of esters is 1. The molecule has 3 rings (SSSR count). The number of alkyl halides is 3. The van der Waals surface area contributed by atoms with Crippen LogP contribution in [0.3, 0.4) is 0 Å². The molecule has 144 valence electrons. The lowest BCUT2D eigenvalue weighted by atomic mass is 9.88. The highest BCUT2D eigenvalue weighted by molar-refractivity contribution is 5.76. The van der Waals surface area contributed by atoms with Gasteiger partial charge in [-0.05, 0) is 55.1 Å². The summed E-state index contributed by atoms with van der Waals surface area (Å²) in [5.74, 6) is -2.54. The number of carbonyl (C=O) groups is 1. The van der Waals surface area contributed by atoms with Gasteiger partial charge in [-0.25, -0.2) is 9.18 Å². The normalized spacial score (nSPS) is 19.9. The van der Waals surface area contributed by atoms with Gasteiger partial charge in [0.1, 0.15) is 11.4 Å². The Morgan fingerprint density at radius 1 is 1.15 bits per heavy atom. The maximum Gasteiger partial charge on any atom is 0.490 e. The first-order valence-electron chi connectivity index (χ1n) is 8.55. The van der Waals surface area contributed by atoms with Crippen LogP contribution in [-0.2, 0) is 28.0 Å². The largest absolute Gasteiger partial charge is 0.490 e. The Kier molecular flexibility index (Phi) is 5.24. The number of fused-ring (bicyclic) bond motifs is 1. The van der Waals surface area contributed by atoms with Crippen LogP contribution in [0.2, 0.25) is 0 Å². The molecule has 1 aliphatic heterocycles. The third kappa shape index (κ3) is 4.47. The van der Waals surface area contributed by atoms with E-state index >= 15 is 0 Å². The molecule has 0 radical (unpaired) electrons. The molecule has 0 spiro atoms. The molecule has 3 nitrogen and oxygen atoms in total. The summed E-state index contributed by atoms with van der Waals surface area (Å²) in [7, 11) is 0. The average Bonchev–Trinajstić information content (AvgIpc) is 2.76. The van der Waals surface area contributed by atoms with Crippen molar-refractivity contribution < 1.29 is 27.1 Å². The maximum absolute atomic E-state index is 13.1. The van der Waals surface area contributed by atoms with Crippen LogP contribution in [0.25, 0.3) is 0 Å². The molecule has 0 bridgehead atoms. The average molecular weight is 381 g/mol. The third-order valence-corrected chi connectivity index (χ3v) is 4.65. The molecule has 0 fully saturated rings. The van der Waals surface area contributed by atoms with Crippen molar-refractivity contribution in [1.29, 1.82) is 0 Å². The monoisotopic (exact) mass is 381 g/mol. The van der Waals surface area contributed by atoms with Gasteiger partial charge in [-0.2, -0.15) is 13.2 Å². The van der Waals surface area contributed by atoms with Crippen molar-refractivity contribution in [3.8, 4) is 0 Å². The standard InChI is InChI=1S/C20H19F4NO2/c1-19(27-18(26)20(22,23)24)12-25-9-8-15-5-2-14(11-17(15)19)10-13-3-6-16(21)7-4-13/h2-7,11,25H,8-10,12H2,1H3/t19-/m1/s1. The van der Waals surface area contributed by atoms with Gasteiger partial charge in [-0.1, -0.05) is 30.3 Å². The second-order valence-corrected chi connectivity index (χ2v) is 6.84. The Hall–Kier alpha value is -2.41. The van der Waals surface area contributed by atoms with Gasteiger partial charge < -0.3 is 10.1 Å². The van der Waals surface area contributed by atoms with Crippen molar-refractivity contribution in [3.63, 3.8) is 0 Å². The molecule has 7 heteroatoms. The van der Waals surface area contributed by atoms with Gasteiger partial charge in [0.25, 0.3) is 0 Å². The minimum Gasteiger partial charge on any atom is -0.446 e. The maximum atomic E-state index is 13.1. The number of rotatable bonds is 3. The molecule has 1 atom stereocenters. The Morgan fingerprint density at radius 2 is 1.81 bits per heavy atom. The number of hydrogen-bond donors (Lipinski definition) is 1. The van der Waals surface area contributed by atoms with E-state index < -0.39 is 17.7 Å². The molecule has 0 unspecified atom stereocenters. The summed E-state index contributed by atoms with van der Waals surface area (Å²) < 4.78 is 56.1. The van der Waals surface area contributed by atoms with Gasteiger partial charge in [-0.3, -0.25) is 0 Å². The summed E-state index contributed by atoms with van der Waals surface area (Å²) in [6.45, 7) is 2.14. The van der Waals surface area contributed by atoms with Gasteiger partial charge in [-0.15, -0.1) is 0 Å². The highest BCUT2D eigenvalue weighted by Gasteiger charge is 2.46. The van der Waals surface area contributed by atoms with E-state index in [1.807, 2.05) is 12.1 Å². The SMILES string of the molecule is C[C@@]1(OC(=O)C(F)(F)F)CNCCc2ccc(Cc3ccc(F)cc3)cc21. The summed E-state index contributed by atoms with van der Waals surface area (Å²) >= 11 is 0. The molecule has 0 saturated carbocycles. The fraction of sp³-hybridized carbons (Fsp3) is 0.350. The molecular weight excluding hydrogens is 362 g/mol. The van der Waals surface area contributed by atoms with Crippen molar-refractivity contribution >= 4 is 5.97 Å². The molecule has 1 heterocycles. The fourth-order valence-corrected chi connectivity index (χ4v) is 3.28. The lowest BCUT2D eigenvalue weighted by Crippen LogP contribution is -2.42. The predicted octanol–water partition coefficient (Wildman–Crippen LogP) is 3.88. The summed E-state index contributed by atoms with van der Waals surface area (Å²) in [5.41, 5.74) is 1.68. The van der Waals surface area contributed by atoms with Crippen LogP contribution in [0.4, 0.5) is 17.6 Å². The predicted molar refractivity (Wildman–Crippen MR) is 91.7 cm³/mol. The number of benzene rings is 2. The number of halogens is 4. The Morgan fingerprint density at radius 3 is 2.48 bits per heavy atom. The smallest absolute Gasteiger partial charge is 0.446 e. The van der Waals surface area contributed by atoms with E-state index in [4.69, 9.17) is 4.74 Å². The molecule has 2 aromatic carbocycles. The highest BCUT2D eigenvalue weighted by atomic mass is 19.4. The summed E-state index contributed by atoms with van der Waals surface area (Å²) in [6.07, 6.45) is -3.95. The molecule has 0 aromatic heterocycles. The first-order valence-corrected chi connectivity index (χ1v) is 8.55. The molecule has 1 aliphatic rings. The second kappa shape index (κ2) is 7.31. The van der Waals surface area contributed by atoms with Crippen LogP contribution in [0, 0.1) is 5.82 Å². The number of nitrogens with one attached hydrogen (secondary N) is 1. The molecule has 27 heavy (non-hydrogen) atoms. The first kappa shape index (κ1) is 19.4. The van der Waals surface area contributed by atoms with Gasteiger partial charge in [0.15, 0.2) is 0 Å². The zero-order chi connectivity index (χ0) is 19.7. The van der Waals surface area contributed by atoms with Crippen molar-refractivity contribution in [2.24, 2.45) is 0 Å². The van der Waals surface area contributed by atoms with Crippen LogP contribution >= 0.6 is 0 Å². The van der Waals surface area contributed by atoms with E-state index in [-0.39, 0.29) is 12.4 Å². The van der Waals surface area contributed by atoms with E-state index in [0.717, 1.165) is 16.7 Å². The van der Waals surface area contributed by atoms with Crippen molar-refractivity contribution in [1.82, 2.24) is 5.32 Å². The third-order valence-electron chi connectivity index (χ3n) is 4.65. The van der Waals surface area contributed by atoms with E-state index in [2.05, 4.69) is 5.32 Å². The summed E-state index contributed by atoms with van der Waals surface area (Å²) in [6, 6.07) is 11.5. The summed E-state index contributed by atoms with van der Waals surface area (Å²) in [4.78, 5) is 11.5. The van der Waals surface area contributed by atoms with Crippen molar-refractivity contribution in [2.45, 2.75) is 31.5 Å².